The quantitative estimate of drug-likeness (QED) is 0.909. The van der Waals surface area contributed by atoms with Crippen LogP contribution in [0, 0.1) is 0 Å². The Morgan fingerprint density at radius 1 is 1.23 bits per heavy atom. The number of likely N-dealkylation sites (tertiary alicyclic amines) is 1. The largest absolute Gasteiger partial charge is 0.339 e. The summed E-state index contributed by atoms with van der Waals surface area (Å²) in [5.41, 5.74) is 0.415. The molecule has 0 radical (unpaired) electrons. The van der Waals surface area contributed by atoms with Crippen molar-refractivity contribution in [3.63, 3.8) is 0 Å². The van der Waals surface area contributed by atoms with Gasteiger partial charge in [-0.2, -0.15) is 0 Å². The minimum absolute atomic E-state index is 0.110. The molecule has 2 heterocycles. The van der Waals surface area contributed by atoms with Crippen LogP contribution < -0.4 is 4.72 Å². The van der Waals surface area contributed by atoms with Gasteiger partial charge in [-0.05, 0) is 36.1 Å². The van der Waals surface area contributed by atoms with Gasteiger partial charge in [0.15, 0.2) is 0 Å². The summed E-state index contributed by atoms with van der Waals surface area (Å²) in [5, 5.41) is 1.90. The highest BCUT2D eigenvalue weighted by Gasteiger charge is 2.23. The van der Waals surface area contributed by atoms with Gasteiger partial charge in [0.2, 0.25) is 10.0 Å². The summed E-state index contributed by atoms with van der Waals surface area (Å²) >= 11 is 1.49. The van der Waals surface area contributed by atoms with E-state index in [1.54, 1.807) is 17.0 Å². The van der Waals surface area contributed by atoms with E-state index < -0.39 is 10.0 Å². The van der Waals surface area contributed by atoms with Crippen LogP contribution in [0.2, 0.25) is 0 Å². The predicted octanol–water partition coefficient (Wildman–Crippen LogP) is 2.07. The number of amides is 1. The molecule has 0 aliphatic carbocycles. The van der Waals surface area contributed by atoms with E-state index in [2.05, 4.69) is 4.72 Å². The number of benzene rings is 1. The van der Waals surface area contributed by atoms with Crippen molar-refractivity contribution in [2.75, 3.05) is 13.1 Å². The van der Waals surface area contributed by atoms with E-state index in [9.17, 15) is 13.2 Å². The third-order valence-electron chi connectivity index (χ3n) is 3.55. The number of nitrogens with one attached hydrogen (secondary N) is 1. The van der Waals surface area contributed by atoms with Crippen LogP contribution in [0.5, 0.6) is 0 Å². The van der Waals surface area contributed by atoms with E-state index in [4.69, 9.17) is 0 Å². The van der Waals surface area contributed by atoms with Crippen LogP contribution >= 0.6 is 11.3 Å². The minimum atomic E-state index is -3.62. The summed E-state index contributed by atoms with van der Waals surface area (Å²) in [4.78, 5) is 14.9. The number of hydrogen-bond acceptors (Lipinski definition) is 4. The Labute approximate surface area is 133 Å². The van der Waals surface area contributed by atoms with Crippen molar-refractivity contribution in [1.82, 2.24) is 9.62 Å². The minimum Gasteiger partial charge on any atom is -0.339 e. The van der Waals surface area contributed by atoms with E-state index in [0.29, 0.717) is 5.56 Å². The zero-order valence-electron chi connectivity index (χ0n) is 11.9. The van der Waals surface area contributed by atoms with E-state index in [1.165, 1.54) is 23.5 Å². The highest BCUT2D eigenvalue weighted by atomic mass is 32.2. The summed E-state index contributed by atoms with van der Waals surface area (Å²) in [6, 6.07) is 9.95. The normalized spacial score (nSPS) is 14.6. The van der Waals surface area contributed by atoms with Gasteiger partial charge in [0.25, 0.3) is 5.91 Å². The molecule has 3 rings (SSSR count). The maximum absolute atomic E-state index is 12.3. The van der Waals surface area contributed by atoms with Gasteiger partial charge in [0.1, 0.15) is 0 Å². The Bertz CT molecular complexity index is 766. The van der Waals surface area contributed by atoms with Gasteiger partial charge >= 0.3 is 0 Å². The van der Waals surface area contributed by atoms with Crippen LogP contribution in [0.15, 0.2) is 46.7 Å². The molecule has 0 unspecified atom stereocenters. The van der Waals surface area contributed by atoms with E-state index >= 15 is 0 Å². The van der Waals surface area contributed by atoms with Gasteiger partial charge in [-0.15, -0.1) is 11.3 Å². The maximum atomic E-state index is 12.3. The molecule has 116 valence electrons. The third-order valence-corrected chi connectivity index (χ3v) is 5.83. The molecule has 5 nitrogen and oxygen atoms in total. The second-order valence-electron chi connectivity index (χ2n) is 5.08. The van der Waals surface area contributed by atoms with Crippen molar-refractivity contribution < 1.29 is 13.2 Å². The van der Waals surface area contributed by atoms with Crippen LogP contribution in [-0.4, -0.2) is 32.3 Å². The maximum Gasteiger partial charge on any atom is 0.253 e. The Morgan fingerprint density at radius 2 is 2.05 bits per heavy atom. The molecule has 2 aromatic rings. The van der Waals surface area contributed by atoms with Crippen molar-refractivity contribution in [3.05, 3.63) is 52.2 Å². The van der Waals surface area contributed by atoms with E-state index in [-0.39, 0.29) is 17.3 Å². The lowest BCUT2D eigenvalue weighted by molar-refractivity contribution is 0.0651. The van der Waals surface area contributed by atoms with Gasteiger partial charge in [-0.25, -0.2) is 13.1 Å². The lowest BCUT2D eigenvalue weighted by Gasteiger charge is -2.31. The van der Waals surface area contributed by atoms with Gasteiger partial charge in [0, 0.05) is 30.1 Å². The van der Waals surface area contributed by atoms with Crippen LogP contribution in [0.3, 0.4) is 0 Å². The number of carbonyl (C=O) groups is 1. The molecule has 1 saturated heterocycles. The Balaban J connectivity index is 1.76. The van der Waals surface area contributed by atoms with Gasteiger partial charge in [-0.3, -0.25) is 4.79 Å². The molecule has 0 atom stereocenters. The summed E-state index contributed by atoms with van der Waals surface area (Å²) in [7, 11) is -3.62. The molecule has 1 aliphatic rings. The molecule has 1 N–H and O–H groups in total. The molecule has 1 aromatic carbocycles. The average Bonchev–Trinajstić information content (AvgIpc) is 2.97. The third kappa shape index (κ3) is 3.21. The van der Waals surface area contributed by atoms with Gasteiger partial charge < -0.3 is 4.90 Å². The van der Waals surface area contributed by atoms with Crippen LogP contribution in [0.4, 0.5) is 0 Å². The molecule has 1 aromatic heterocycles. The van der Waals surface area contributed by atoms with Crippen molar-refractivity contribution in [2.24, 2.45) is 0 Å². The fraction of sp³-hybridized carbons (Fsp3) is 0.267. The second-order valence-corrected chi connectivity index (χ2v) is 7.88. The van der Waals surface area contributed by atoms with Crippen LogP contribution in [0.25, 0.3) is 0 Å². The highest BCUT2D eigenvalue weighted by Crippen LogP contribution is 2.17. The number of rotatable bonds is 5. The number of thiophene rings is 1. The molecular weight excluding hydrogens is 320 g/mol. The molecule has 22 heavy (non-hydrogen) atoms. The summed E-state index contributed by atoms with van der Waals surface area (Å²) in [5.74, 6) is -0.110. The fourth-order valence-electron chi connectivity index (χ4n) is 2.16. The van der Waals surface area contributed by atoms with E-state index in [0.717, 1.165) is 24.4 Å². The molecule has 1 aliphatic heterocycles. The Kier molecular flexibility index (Phi) is 4.28. The molecule has 0 spiro atoms. The first-order valence-corrected chi connectivity index (χ1v) is 9.34. The van der Waals surface area contributed by atoms with Crippen LogP contribution in [-0.2, 0) is 16.6 Å². The number of nitrogens with zero attached hydrogens (tertiary/aromatic N) is 1. The summed E-state index contributed by atoms with van der Waals surface area (Å²) in [6.07, 6.45) is 1.01. The fourth-order valence-corrected chi connectivity index (χ4v) is 3.95. The molecular formula is C15H16N2O3S2. The van der Waals surface area contributed by atoms with Crippen molar-refractivity contribution >= 4 is 27.3 Å². The SMILES string of the molecule is O=C(c1cccc(S(=O)(=O)NCc2cccs2)c1)N1CCC1. The van der Waals surface area contributed by atoms with E-state index in [1.807, 2.05) is 17.5 Å². The lowest BCUT2D eigenvalue weighted by Crippen LogP contribution is -2.42. The Hall–Kier alpha value is -1.70. The number of carbonyl (C=O) groups excluding carboxylic acids is 1. The van der Waals surface area contributed by atoms with Crippen molar-refractivity contribution in [3.8, 4) is 0 Å². The molecule has 1 amide bonds. The molecule has 0 bridgehead atoms. The summed E-state index contributed by atoms with van der Waals surface area (Å²) < 4.78 is 27.2. The van der Waals surface area contributed by atoms with Crippen LogP contribution in [0.1, 0.15) is 21.7 Å². The first-order valence-electron chi connectivity index (χ1n) is 6.98. The zero-order valence-corrected chi connectivity index (χ0v) is 13.5. The van der Waals surface area contributed by atoms with Gasteiger partial charge in [0.05, 0.1) is 4.90 Å². The number of hydrogen-bond donors (Lipinski definition) is 1. The smallest absolute Gasteiger partial charge is 0.253 e. The summed E-state index contributed by atoms with van der Waals surface area (Å²) in [6.45, 7) is 1.74. The predicted molar refractivity (Wildman–Crippen MR) is 85.3 cm³/mol. The Morgan fingerprint density at radius 3 is 2.68 bits per heavy atom. The van der Waals surface area contributed by atoms with Gasteiger partial charge in [-0.1, -0.05) is 12.1 Å². The standard InChI is InChI=1S/C15H16N2O3S2/c18-15(17-7-3-8-17)12-4-1-6-14(10-12)22(19,20)16-11-13-5-2-9-21-13/h1-2,4-6,9-10,16H,3,7-8,11H2. The van der Waals surface area contributed by atoms with Crippen molar-refractivity contribution in [2.45, 2.75) is 17.9 Å². The molecule has 7 heteroatoms. The average molecular weight is 336 g/mol. The lowest BCUT2D eigenvalue weighted by atomic mass is 10.1. The first-order chi connectivity index (χ1) is 10.6. The van der Waals surface area contributed by atoms with Crippen molar-refractivity contribution in [1.29, 1.82) is 0 Å². The molecule has 1 fully saturated rings. The first kappa shape index (κ1) is 15.2. The number of sulfonamides is 1. The topological polar surface area (TPSA) is 66.5 Å². The monoisotopic (exact) mass is 336 g/mol. The highest BCUT2D eigenvalue weighted by molar-refractivity contribution is 7.89. The molecule has 0 saturated carbocycles. The second kappa shape index (κ2) is 6.20. The zero-order chi connectivity index (χ0) is 15.6.